The maximum absolute atomic E-state index is 11.5. The lowest BCUT2D eigenvalue weighted by atomic mass is 10.0. The highest BCUT2D eigenvalue weighted by molar-refractivity contribution is 5.96. The SMILES string of the molecule is CNC(=O)c1ccc(Cc2ccc(N(C)C)cc2)cc1.CNC(=O)c1ccc(Cc2cccc(N(C)C)c2)cc1.CNC(=O)c1ccc(Cc2ccncc2)cc1.CNC(=O)c1ccc(Cn2cccc2)cc1.CNC(=O)c1ccc(Cn2cccn2)cc1. The van der Waals surface area contributed by atoms with Crippen LogP contribution in [0.5, 0.6) is 0 Å². The van der Waals surface area contributed by atoms with Crippen molar-refractivity contribution in [3.8, 4) is 0 Å². The summed E-state index contributed by atoms with van der Waals surface area (Å²) in [5, 5.41) is 17.2. The molecule has 3 aromatic heterocycles. The normalized spacial score (nSPS) is 10.1. The number of rotatable bonds is 17. The summed E-state index contributed by atoms with van der Waals surface area (Å²) < 4.78 is 3.93. The fourth-order valence-corrected chi connectivity index (χ4v) is 8.90. The van der Waals surface area contributed by atoms with Crippen LogP contribution in [0.25, 0.3) is 0 Å². The van der Waals surface area contributed by atoms with Gasteiger partial charge in [0.05, 0.1) is 6.54 Å². The van der Waals surface area contributed by atoms with E-state index in [1.165, 1.54) is 50.3 Å². The second-order valence-electron chi connectivity index (χ2n) is 21.0. The Balaban J connectivity index is 0.000000178. The second-order valence-corrected chi connectivity index (χ2v) is 21.0. The van der Waals surface area contributed by atoms with Crippen LogP contribution in [0.15, 0.2) is 237 Å². The zero-order chi connectivity index (χ0) is 63.9. The molecule has 0 radical (unpaired) electrons. The standard InChI is InChI=1S/2C17H20N2O.C14H14N2O.C13H14N2O.C12H13N3O/c1-18-17(20)15-8-4-13(5-9-15)12-14-6-10-16(11-7-14)19(2)3;1-18-17(20)15-9-7-13(8-10-15)11-14-5-4-6-16(12-14)19(2)3;1-15-14(17)13-4-2-11(3-5-13)10-12-6-8-16-9-7-12;1-14-13(16)12-6-4-11(5-7-12)10-15-8-2-3-9-15;1-13-12(16)11-5-3-10(4-6-11)9-15-8-2-7-14-15/h4-11H,12H2,1-3H3,(H,18,20);4-10,12H,11H2,1-3H3,(H,18,20);2-9H,10H2,1H3,(H,15,17);2-9H,10H2,1H3,(H,14,16);2-8H,9H2,1H3,(H,13,16). The van der Waals surface area contributed by atoms with Crippen LogP contribution in [-0.2, 0) is 32.4 Å². The van der Waals surface area contributed by atoms with Gasteiger partial charge >= 0.3 is 0 Å². The van der Waals surface area contributed by atoms with Crippen molar-refractivity contribution in [1.29, 1.82) is 0 Å². The fraction of sp³-hybridized carbons (Fsp3) is 0.192. The first-order valence-corrected chi connectivity index (χ1v) is 29.1. The molecule has 0 saturated heterocycles. The van der Waals surface area contributed by atoms with Gasteiger partial charge in [0.15, 0.2) is 0 Å². The lowest BCUT2D eigenvalue weighted by Crippen LogP contribution is -2.17. The van der Waals surface area contributed by atoms with Crippen LogP contribution in [0.3, 0.4) is 0 Å². The molecule has 0 unspecified atom stereocenters. The first kappa shape index (κ1) is 67.3. The summed E-state index contributed by atoms with van der Waals surface area (Å²) in [7, 11) is 16.3. The second kappa shape index (κ2) is 35.6. The molecule has 0 aliphatic heterocycles. The molecule has 10 rings (SSSR count). The van der Waals surface area contributed by atoms with Gasteiger partial charge in [-0.05, 0) is 179 Å². The third kappa shape index (κ3) is 22.5. The third-order valence-electron chi connectivity index (χ3n) is 14.0. The van der Waals surface area contributed by atoms with Gasteiger partial charge in [0.1, 0.15) is 0 Å². The van der Waals surface area contributed by atoms with E-state index < -0.39 is 0 Å². The average Bonchev–Trinajstić information content (AvgIpc) is 4.43. The van der Waals surface area contributed by atoms with Crippen molar-refractivity contribution in [3.63, 3.8) is 0 Å². The van der Waals surface area contributed by atoms with E-state index in [1.807, 2.05) is 203 Å². The Labute approximate surface area is 523 Å². The van der Waals surface area contributed by atoms with Gasteiger partial charge in [-0.25, -0.2) is 0 Å². The van der Waals surface area contributed by atoms with Gasteiger partial charge in [-0.3, -0.25) is 33.6 Å². The minimum atomic E-state index is -0.0642. The van der Waals surface area contributed by atoms with Crippen LogP contribution < -0.4 is 36.4 Å². The molecule has 0 spiro atoms. The van der Waals surface area contributed by atoms with E-state index >= 15 is 0 Å². The minimum absolute atomic E-state index is 0.0486. The Morgan fingerprint density at radius 2 is 0.674 bits per heavy atom. The highest BCUT2D eigenvalue weighted by Crippen LogP contribution is 2.19. The van der Waals surface area contributed by atoms with E-state index in [0.29, 0.717) is 27.8 Å². The summed E-state index contributed by atoms with van der Waals surface area (Å²) in [6.45, 7) is 1.56. The third-order valence-corrected chi connectivity index (χ3v) is 14.0. The average molecular weight is 1190 g/mol. The number of hydrogen-bond acceptors (Lipinski definition) is 9. The van der Waals surface area contributed by atoms with Gasteiger partial charge in [-0.2, -0.15) is 5.10 Å². The molecule has 16 nitrogen and oxygen atoms in total. The molecular formula is C73H81N11O5. The van der Waals surface area contributed by atoms with E-state index in [2.05, 4.69) is 99.6 Å². The van der Waals surface area contributed by atoms with Crippen LogP contribution in [0, 0.1) is 0 Å². The summed E-state index contributed by atoms with van der Waals surface area (Å²) >= 11 is 0. The van der Waals surface area contributed by atoms with Crippen molar-refractivity contribution in [1.82, 2.24) is 45.9 Å². The Bertz CT molecular complexity index is 3630. The van der Waals surface area contributed by atoms with Crippen molar-refractivity contribution >= 4 is 40.9 Å². The Kier molecular flexibility index (Phi) is 26.9. The van der Waals surface area contributed by atoms with Crippen LogP contribution in [0.4, 0.5) is 11.4 Å². The number of hydrogen-bond donors (Lipinski definition) is 5. The number of aromatic nitrogens is 4. The number of carbonyl (C=O) groups excluding carboxylic acids is 5. The van der Waals surface area contributed by atoms with E-state index in [-0.39, 0.29) is 29.5 Å². The molecule has 16 heteroatoms. The van der Waals surface area contributed by atoms with Crippen molar-refractivity contribution in [2.24, 2.45) is 0 Å². The molecule has 0 aliphatic rings. The monoisotopic (exact) mass is 1190 g/mol. The molecule has 0 saturated carbocycles. The van der Waals surface area contributed by atoms with Crippen molar-refractivity contribution < 1.29 is 24.0 Å². The first-order valence-electron chi connectivity index (χ1n) is 29.1. The summed E-state index contributed by atoms with van der Waals surface area (Å²) in [4.78, 5) is 65.1. The van der Waals surface area contributed by atoms with Gasteiger partial charge in [0, 0.05) is 146 Å². The lowest BCUT2D eigenvalue weighted by molar-refractivity contribution is 0.0955. The molecule has 0 atom stereocenters. The van der Waals surface area contributed by atoms with Crippen molar-refractivity contribution in [2.45, 2.75) is 32.4 Å². The summed E-state index contributed by atoms with van der Waals surface area (Å²) in [6.07, 6.45) is 13.9. The molecule has 89 heavy (non-hydrogen) atoms. The maximum Gasteiger partial charge on any atom is 0.251 e. The number of carbonyl (C=O) groups is 5. The quantitative estimate of drug-likeness (QED) is 0.0591. The van der Waals surface area contributed by atoms with Gasteiger partial charge < -0.3 is 41.0 Å². The molecular weight excluding hydrogens is 1110 g/mol. The fourth-order valence-electron chi connectivity index (χ4n) is 8.90. The highest BCUT2D eigenvalue weighted by Gasteiger charge is 2.08. The number of nitrogens with one attached hydrogen (secondary N) is 5. The number of anilines is 2. The van der Waals surface area contributed by atoms with Crippen LogP contribution in [0.1, 0.15) is 96.3 Å². The first-order chi connectivity index (χ1) is 43.1. The summed E-state index contributed by atoms with van der Waals surface area (Å²) in [5.41, 5.74) is 15.5. The van der Waals surface area contributed by atoms with E-state index in [0.717, 1.165) is 37.9 Å². The van der Waals surface area contributed by atoms with E-state index in [1.54, 1.807) is 53.8 Å². The van der Waals surface area contributed by atoms with Crippen molar-refractivity contribution in [2.75, 3.05) is 73.2 Å². The lowest BCUT2D eigenvalue weighted by Gasteiger charge is -2.13. The molecule has 458 valence electrons. The Morgan fingerprint density at radius 1 is 0.337 bits per heavy atom. The summed E-state index contributed by atoms with van der Waals surface area (Å²) in [6, 6.07) is 65.1. The Morgan fingerprint density at radius 3 is 1.02 bits per heavy atom. The molecule has 0 fully saturated rings. The molecule has 0 aliphatic carbocycles. The molecule has 7 aromatic carbocycles. The topological polar surface area (TPSA) is 188 Å². The van der Waals surface area contributed by atoms with E-state index in [9.17, 15) is 24.0 Å². The Hall–Kier alpha value is -10.9. The number of benzene rings is 7. The van der Waals surface area contributed by atoms with E-state index in [4.69, 9.17) is 0 Å². The largest absolute Gasteiger partial charge is 0.378 e. The number of pyridine rings is 1. The van der Waals surface area contributed by atoms with Gasteiger partial charge in [-0.1, -0.05) is 84.9 Å². The molecule has 5 N–H and O–H groups in total. The molecule has 5 amide bonds. The predicted molar refractivity (Wildman–Crippen MR) is 358 cm³/mol. The zero-order valence-corrected chi connectivity index (χ0v) is 52.3. The minimum Gasteiger partial charge on any atom is -0.378 e. The van der Waals surface area contributed by atoms with Crippen LogP contribution in [0.2, 0.25) is 0 Å². The molecule has 0 bridgehead atoms. The molecule has 10 aromatic rings. The summed E-state index contributed by atoms with van der Waals surface area (Å²) in [5.74, 6) is -0.267. The zero-order valence-electron chi connectivity index (χ0n) is 52.3. The smallest absolute Gasteiger partial charge is 0.251 e. The molecule has 3 heterocycles. The van der Waals surface area contributed by atoms with Crippen LogP contribution in [-0.4, -0.2) is 112 Å². The van der Waals surface area contributed by atoms with Crippen LogP contribution >= 0.6 is 0 Å². The number of amides is 5. The van der Waals surface area contributed by atoms with Crippen molar-refractivity contribution in [3.05, 3.63) is 310 Å². The van der Waals surface area contributed by atoms with Gasteiger partial charge in [0.25, 0.3) is 29.5 Å². The van der Waals surface area contributed by atoms with Gasteiger partial charge in [0.2, 0.25) is 0 Å². The maximum atomic E-state index is 11.5. The number of nitrogens with zero attached hydrogens (tertiary/aromatic N) is 6. The van der Waals surface area contributed by atoms with Gasteiger partial charge in [-0.15, -0.1) is 0 Å². The highest BCUT2D eigenvalue weighted by atomic mass is 16.2. The predicted octanol–water partition coefficient (Wildman–Crippen LogP) is 10.6.